The number of aromatic nitrogens is 2. The maximum absolute atomic E-state index is 7.75. The number of hydrogen-bond donors (Lipinski definition) is 0. The topological polar surface area (TPSA) is 17.0 Å². The normalized spacial score (nSPS) is 21.1. The molecule has 5 aliphatic rings. The Bertz CT molecular complexity index is 3640. The lowest BCUT2D eigenvalue weighted by atomic mass is 9.73. The molecule has 2 atom stereocenters. The molecule has 308 valence electrons. The van der Waals surface area contributed by atoms with Crippen molar-refractivity contribution in [2.24, 2.45) is 0 Å². The summed E-state index contributed by atoms with van der Waals surface area (Å²) in [5.41, 5.74) is 19.3. The van der Waals surface area contributed by atoms with Gasteiger partial charge in [-0.2, -0.15) is 0 Å². The van der Waals surface area contributed by atoms with Crippen LogP contribution in [0.4, 0.5) is 0 Å². The Hall–Kier alpha value is -6.05. The molecule has 3 nitrogen and oxygen atoms in total. The lowest BCUT2D eigenvalue weighted by molar-refractivity contribution is -0.979. The molecule has 9 aromatic rings. The molecule has 1 spiro atoms. The number of hydrogen-bond acceptors (Lipinski definition) is 4. The molecular weight excluding hydrogens is 837 g/mol. The van der Waals surface area contributed by atoms with Crippen LogP contribution in [0.1, 0.15) is 73.9 Å². The minimum absolute atomic E-state index is 0.0614. The molecule has 7 aromatic carbocycles. The van der Waals surface area contributed by atoms with Crippen LogP contribution in [0.3, 0.4) is 0 Å². The van der Waals surface area contributed by atoms with Crippen LogP contribution in [-0.2, 0) is 26.2 Å². The van der Waals surface area contributed by atoms with Gasteiger partial charge in [0.2, 0.25) is 11.0 Å². The molecule has 2 aliphatic heterocycles. The number of rotatable bonds is 2. The van der Waals surface area contributed by atoms with Crippen LogP contribution in [0.15, 0.2) is 174 Å². The molecule has 2 unspecified atom stereocenters. The summed E-state index contributed by atoms with van der Waals surface area (Å²) < 4.78 is 15.3. The first-order valence-corrected chi connectivity index (χ1v) is 24.8. The molecule has 64 heavy (non-hydrogen) atoms. The van der Waals surface area contributed by atoms with Gasteiger partial charge in [0.05, 0.1) is 22.9 Å². The number of ether oxygens (including phenoxy) is 1. The van der Waals surface area contributed by atoms with Crippen molar-refractivity contribution in [3.63, 3.8) is 0 Å². The third-order valence-corrected chi connectivity index (χ3v) is 18.7. The Morgan fingerprint density at radius 2 is 1.05 bits per heavy atom. The molecule has 0 fully saturated rings. The summed E-state index contributed by atoms with van der Waals surface area (Å²) in [5, 5.41) is 1.48. The first-order chi connectivity index (χ1) is 31.0. The maximum Gasteiger partial charge on any atom is 0.587 e. The monoisotopic (exact) mass is 880 g/mol. The van der Waals surface area contributed by atoms with Gasteiger partial charge in [-0.15, -0.1) is 0 Å². The highest BCUT2D eigenvalue weighted by Crippen LogP contribution is 2.56. The smallest absolute Gasteiger partial charge is 0.368 e. The lowest BCUT2D eigenvalue weighted by Gasteiger charge is -2.36. The van der Waals surface area contributed by atoms with Gasteiger partial charge in [0.25, 0.3) is 10.0 Å². The zero-order valence-electron chi connectivity index (χ0n) is 36.3. The fraction of sp³-hybridized carbons (Fsp3) is 0.172. The molecule has 14 rings (SSSR count). The van der Waals surface area contributed by atoms with Crippen LogP contribution in [0.5, 0.6) is 0 Å². The number of fused-ring (bicyclic) bond motifs is 18. The molecule has 4 heterocycles. The summed E-state index contributed by atoms with van der Waals surface area (Å²) >= 11 is 5.57. The molecule has 0 bridgehead atoms. The van der Waals surface area contributed by atoms with E-state index in [0.717, 1.165) is 12.2 Å². The molecule has 6 heteroatoms. The fourth-order valence-corrected chi connectivity index (χ4v) is 15.7. The second-order valence-corrected chi connectivity index (χ2v) is 22.7. The van der Waals surface area contributed by atoms with Crippen molar-refractivity contribution >= 4 is 60.4 Å². The molecule has 0 saturated carbocycles. The quantitative estimate of drug-likeness (QED) is 0.161. The Labute approximate surface area is 385 Å². The predicted molar refractivity (Wildman–Crippen MR) is 265 cm³/mol. The van der Waals surface area contributed by atoms with E-state index < -0.39 is 5.18 Å². The van der Waals surface area contributed by atoms with Crippen LogP contribution >= 0.6 is 34.4 Å². The number of thiazole rings is 2. The van der Waals surface area contributed by atoms with E-state index in [1.807, 2.05) is 34.4 Å². The largest absolute Gasteiger partial charge is 0.587 e. The Kier molecular flexibility index (Phi) is 7.35. The Morgan fingerprint density at radius 1 is 0.500 bits per heavy atom. The van der Waals surface area contributed by atoms with Gasteiger partial charge in [-0.3, -0.25) is 0 Å². The van der Waals surface area contributed by atoms with E-state index in [1.54, 1.807) is 0 Å². The summed E-state index contributed by atoms with van der Waals surface area (Å²) in [6.07, 6.45) is 5.75. The molecule has 0 amide bonds. The van der Waals surface area contributed by atoms with Gasteiger partial charge >= 0.3 is 5.18 Å². The highest BCUT2D eigenvalue weighted by atomic mass is 32.2. The van der Waals surface area contributed by atoms with Gasteiger partial charge in [0.1, 0.15) is 15.2 Å². The fourth-order valence-electron chi connectivity index (χ4n) is 11.7. The van der Waals surface area contributed by atoms with E-state index in [2.05, 4.69) is 208 Å². The average molecular weight is 881 g/mol. The zero-order valence-corrected chi connectivity index (χ0v) is 38.8. The van der Waals surface area contributed by atoms with E-state index in [1.165, 1.54) is 108 Å². The Morgan fingerprint density at radius 3 is 1.75 bits per heavy atom. The maximum atomic E-state index is 7.75. The first-order valence-electron chi connectivity index (χ1n) is 22.4. The predicted octanol–water partition coefficient (Wildman–Crippen LogP) is 14.5. The minimum atomic E-state index is -0.942. The van der Waals surface area contributed by atoms with Gasteiger partial charge in [-0.1, -0.05) is 182 Å². The SMILES string of the molecule is CC1(c2ccc3c(c2)C(C)(C)c2ccccc2-3)C=C2C(=CC1)OC1(Sc3ccc(-c4ccc5c(c4)C(C)(C)c4ccccc4-5)cc3-c3sc4ccccc4[n+]31)[n+]1c2sc2ccccc21. The minimum Gasteiger partial charge on any atom is -0.368 e. The van der Waals surface area contributed by atoms with Crippen LogP contribution in [0.25, 0.3) is 70.0 Å². The third-order valence-electron chi connectivity index (χ3n) is 15.1. The summed E-state index contributed by atoms with van der Waals surface area (Å²) in [7, 11) is 0. The summed E-state index contributed by atoms with van der Waals surface area (Å²) in [6, 6.07) is 57.1. The molecule has 0 N–H and O–H groups in total. The van der Waals surface area contributed by atoms with Gasteiger partial charge < -0.3 is 4.74 Å². The van der Waals surface area contributed by atoms with Crippen molar-refractivity contribution < 1.29 is 13.9 Å². The molecule has 0 radical (unpaired) electrons. The van der Waals surface area contributed by atoms with E-state index in [0.29, 0.717) is 0 Å². The van der Waals surface area contributed by atoms with E-state index >= 15 is 0 Å². The van der Waals surface area contributed by atoms with Gasteiger partial charge in [-0.05, 0) is 104 Å². The van der Waals surface area contributed by atoms with Crippen LogP contribution in [-0.4, -0.2) is 0 Å². The second kappa shape index (κ2) is 12.6. The van der Waals surface area contributed by atoms with Crippen LogP contribution in [0, 0.1) is 0 Å². The highest BCUT2D eigenvalue weighted by molar-refractivity contribution is 7.99. The van der Waals surface area contributed by atoms with E-state index in [-0.39, 0.29) is 16.2 Å². The number of para-hydroxylation sites is 2. The number of benzene rings is 7. The van der Waals surface area contributed by atoms with Crippen molar-refractivity contribution in [2.45, 2.75) is 67.4 Å². The van der Waals surface area contributed by atoms with E-state index in [4.69, 9.17) is 4.74 Å². The van der Waals surface area contributed by atoms with Crippen molar-refractivity contribution in [3.05, 3.63) is 202 Å². The van der Waals surface area contributed by atoms with Gasteiger partial charge in [-0.25, -0.2) is 0 Å². The van der Waals surface area contributed by atoms with Crippen molar-refractivity contribution in [3.8, 4) is 44.0 Å². The molecule has 2 aromatic heterocycles. The highest BCUT2D eigenvalue weighted by Gasteiger charge is 2.68. The standard InChI is InChI=1S/C58H44N2OS3/c1-55(2)43-16-8-6-14-37(43)39-25-22-35(31-45(39)55)34-23-27-50-41(30-34)53-59(47-18-10-12-20-51(47)62-53)58(64-50)60-48-19-11-13-21-52(48)63-54(60)42-33-57(5,29-28-49(42)61-58)36-24-26-40-38-15-7-9-17-44(38)56(3,4)46(40)32-36/h6-28,30-33H,29H2,1-5H3/q+2. The van der Waals surface area contributed by atoms with Crippen molar-refractivity contribution in [2.75, 3.05) is 0 Å². The van der Waals surface area contributed by atoms with Crippen LogP contribution < -0.4 is 9.13 Å². The lowest BCUT2D eigenvalue weighted by Crippen LogP contribution is -2.76. The number of thioether (sulfide) groups is 1. The Balaban J connectivity index is 0.933. The van der Waals surface area contributed by atoms with E-state index in [9.17, 15) is 0 Å². The van der Waals surface area contributed by atoms with Crippen molar-refractivity contribution in [1.82, 2.24) is 0 Å². The molecular formula is C58H44N2OS3+2. The molecule has 3 aliphatic carbocycles. The first kappa shape index (κ1) is 37.3. The summed E-state index contributed by atoms with van der Waals surface area (Å²) in [4.78, 5) is 1.22. The van der Waals surface area contributed by atoms with Gasteiger partial charge in [0.15, 0.2) is 0 Å². The molecule has 0 saturated heterocycles. The zero-order chi connectivity index (χ0) is 42.9. The van der Waals surface area contributed by atoms with Gasteiger partial charge in [0, 0.05) is 33.3 Å². The summed E-state index contributed by atoms with van der Waals surface area (Å²) in [5.74, 6) is 0.959. The third kappa shape index (κ3) is 4.78. The second-order valence-electron chi connectivity index (χ2n) is 19.5. The number of allylic oxidation sites excluding steroid dienone is 3. The summed E-state index contributed by atoms with van der Waals surface area (Å²) in [6.45, 7) is 11.9. The van der Waals surface area contributed by atoms with Crippen LogP contribution in [0.2, 0.25) is 0 Å². The average Bonchev–Trinajstić information content (AvgIpc) is 4.04. The number of nitrogens with zero attached hydrogens (tertiary/aromatic N) is 2. The van der Waals surface area contributed by atoms with Crippen molar-refractivity contribution in [1.29, 1.82) is 0 Å².